The van der Waals surface area contributed by atoms with Crippen LogP contribution in [0.15, 0.2) is 18.2 Å². The molecule has 2 rings (SSSR count). The molecule has 1 heterocycles. The largest absolute Gasteiger partial charge is 0.399 e. The van der Waals surface area contributed by atoms with Gasteiger partial charge in [-0.15, -0.1) is 12.4 Å². The summed E-state index contributed by atoms with van der Waals surface area (Å²) in [6.07, 6.45) is 2.10. The first-order chi connectivity index (χ1) is 8.61. The molecule has 0 bridgehead atoms. The highest BCUT2D eigenvalue weighted by molar-refractivity contribution is 5.96. The van der Waals surface area contributed by atoms with Gasteiger partial charge >= 0.3 is 0 Å². The summed E-state index contributed by atoms with van der Waals surface area (Å²) in [4.78, 5) is 14.3. The minimum Gasteiger partial charge on any atom is -0.399 e. The fourth-order valence-corrected chi connectivity index (χ4v) is 2.33. The number of nitrogens with two attached hydrogens (primary N) is 1. The first-order valence-electron chi connectivity index (χ1n) is 6.30. The third-order valence-corrected chi connectivity index (χ3v) is 3.55. The zero-order valence-corrected chi connectivity index (χ0v) is 12.2. The molecule has 19 heavy (non-hydrogen) atoms. The Balaban J connectivity index is 0.00000180. The molecule has 1 aliphatic heterocycles. The molecule has 0 saturated carbocycles. The van der Waals surface area contributed by atoms with Crippen molar-refractivity contribution >= 4 is 24.0 Å². The van der Waals surface area contributed by atoms with E-state index in [1.165, 1.54) is 0 Å². The van der Waals surface area contributed by atoms with Gasteiger partial charge in [0.05, 0.1) is 6.10 Å². The van der Waals surface area contributed by atoms with Crippen molar-refractivity contribution in [2.45, 2.75) is 25.9 Å². The van der Waals surface area contributed by atoms with Crippen LogP contribution >= 0.6 is 12.4 Å². The van der Waals surface area contributed by atoms with Gasteiger partial charge in [0, 0.05) is 31.5 Å². The zero-order valence-electron chi connectivity index (χ0n) is 11.4. The Morgan fingerprint density at radius 1 is 1.37 bits per heavy atom. The number of likely N-dealkylation sites (tertiary alicyclic amines) is 1. The molecule has 0 radical (unpaired) electrons. The van der Waals surface area contributed by atoms with Gasteiger partial charge in [-0.1, -0.05) is 6.07 Å². The maximum atomic E-state index is 12.4. The molecule has 0 aliphatic carbocycles. The molecule has 1 aliphatic rings. The van der Waals surface area contributed by atoms with Gasteiger partial charge in [-0.3, -0.25) is 4.79 Å². The van der Waals surface area contributed by atoms with E-state index in [2.05, 4.69) is 0 Å². The maximum Gasteiger partial charge on any atom is 0.254 e. The standard InChI is InChI=1S/C14H20N2O2.ClH/c1-10-3-4-11(15)9-13(10)14(17)16-7-5-12(18-2)6-8-16;/h3-4,9,12H,5-8,15H2,1-2H3;1H. The Hall–Kier alpha value is -1.26. The van der Waals surface area contributed by atoms with E-state index in [0.29, 0.717) is 11.3 Å². The number of aryl methyl sites for hydroxylation is 1. The summed E-state index contributed by atoms with van der Waals surface area (Å²) in [5.74, 6) is 0.0781. The first-order valence-corrected chi connectivity index (χ1v) is 6.30. The van der Waals surface area contributed by atoms with Gasteiger partial charge in [-0.2, -0.15) is 0 Å². The number of amides is 1. The molecule has 106 valence electrons. The van der Waals surface area contributed by atoms with Crippen LogP contribution in [0.4, 0.5) is 5.69 Å². The molecule has 0 spiro atoms. The van der Waals surface area contributed by atoms with Crippen molar-refractivity contribution in [3.63, 3.8) is 0 Å². The number of carbonyl (C=O) groups excluding carboxylic acids is 1. The fraction of sp³-hybridized carbons (Fsp3) is 0.500. The second kappa shape index (κ2) is 6.78. The average Bonchev–Trinajstić information content (AvgIpc) is 2.41. The van der Waals surface area contributed by atoms with Gasteiger partial charge in [0.15, 0.2) is 0 Å². The number of anilines is 1. The molecule has 1 fully saturated rings. The summed E-state index contributed by atoms with van der Waals surface area (Å²) in [6, 6.07) is 5.48. The second-order valence-corrected chi connectivity index (χ2v) is 4.80. The van der Waals surface area contributed by atoms with Crippen LogP contribution in [0.3, 0.4) is 0 Å². The van der Waals surface area contributed by atoms with Crippen LogP contribution in [-0.2, 0) is 4.74 Å². The van der Waals surface area contributed by atoms with E-state index in [1.54, 1.807) is 13.2 Å². The van der Waals surface area contributed by atoms with E-state index in [4.69, 9.17) is 10.5 Å². The van der Waals surface area contributed by atoms with Crippen molar-refractivity contribution in [2.24, 2.45) is 0 Å². The number of hydrogen-bond donors (Lipinski definition) is 1. The summed E-state index contributed by atoms with van der Waals surface area (Å²) in [6.45, 7) is 3.45. The summed E-state index contributed by atoms with van der Waals surface area (Å²) in [5.41, 5.74) is 8.07. The van der Waals surface area contributed by atoms with Crippen LogP contribution in [0.25, 0.3) is 0 Å². The molecule has 0 atom stereocenters. The lowest BCUT2D eigenvalue weighted by Crippen LogP contribution is -2.40. The smallest absolute Gasteiger partial charge is 0.254 e. The summed E-state index contributed by atoms with van der Waals surface area (Å²) in [7, 11) is 1.73. The second-order valence-electron chi connectivity index (χ2n) is 4.80. The number of methoxy groups -OCH3 is 1. The molecule has 5 heteroatoms. The molecule has 0 aromatic heterocycles. The van der Waals surface area contributed by atoms with Gasteiger partial charge in [0.1, 0.15) is 0 Å². The summed E-state index contributed by atoms with van der Waals surface area (Å²) < 4.78 is 5.31. The van der Waals surface area contributed by atoms with Gasteiger partial charge in [-0.25, -0.2) is 0 Å². The van der Waals surface area contributed by atoms with Gasteiger partial charge in [0.2, 0.25) is 0 Å². The van der Waals surface area contributed by atoms with Crippen molar-refractivity contribution in [2.75, 3.05) is 25.9 Å². The Labute approximate surface area is 120 Å². The number of halogens is 1. The maximum absolute atomic E-state index is 12.4. The minimum atomic E-state index is 0. The predicted molar refractivity (Wildman–Crippen MR) is 78.8 cm³/mol. The van der Waals surface area contributed by atoms with E-state index in [0.717, 1.165) is 31.5 Å². The number of piperidine rings is 1. The lowest BCUT2D eigenvalue weighted by Gasteiger charge is -2.31. The molecule has 2 N–H and O–H groups in total. The Kier molecular flexibility index (Phi) is 5.63. The monoisotopic (exact) mass is 284 g/mol. The Bertz CT molecular complexity index is 443. The molecule has 1 saturated heterocycles. The summed E-state index contributed by atoms with van der Waals surface area (Å²) in [5, 5.41) is 0. The summed E-state index contributed by atoms with van der Waals surface area (Å²) >= 11 is 0. The van der Waals surface area contributed by atoms with Crippen molar-refractivity contribution in [3.8, 4) is 0 Å². The zero-order chi connectivity index (χ0) is 13.1. The lowest BCUT2D eigenvalue weighted by atomic mass is 10.0. The van der Waals surface area contributed by atoms with Crippen LogP contribution < -0.4 is 5.73 Å². The molecule has 1 aromatic carbocycles. The van der Waals surface area contributed by atoms with Crippen molar-refractivity contribution in [1.29, 1.82) is 0 Å². The van der Waals surface area contributed by atoms with Crippen LogP contribution in [0.2, 0.25) is 0 Å². The number of nitrogens with zero attached hydrogens (tertiary/aromatic N) is 1. The predicted octanol–water partition coefficient (Wildman–Crippen LogP) is 2.25. The topological polar surface area (TPSA) is 55.6 Å². The molecule has 1 aromatic rings. The Morgan fingerprint density at radius 3 is 2.58 bits per heavy atom. The minimum absolute atomic E-state index is 0. The van der Waals surface area contributed by atoms with E-state index in [1.807, 2.05) is 24.0 Å². The third-order valence-electron chi connectivity index (χ3n) is 3.55. The molecule has 0 unspecified atom stereocenters. The van der Waals surface area contributed by atoms with E-state index in [-0.39, 0.29) is 24.4 Å². The number of nitrogen functional groups attached to an aromatic ring is 1. The highest BCUT2D eigenvalue weighted by Gasteiger charge is 2.24. The van der Waals surface area contributed by atoms with Crippen molar-refractivity contribution in [3.05, 3.63) is 29.3 Å². The molecular formula is C14H21ClN2O2. The number of hydrogen-bond acceptors (Lipinski definition) is 3. The average molecular weight is 285 g/mol. The quantitative estimate of drug-likeness (QED) is 0.848. The lowest BCUT2D eigenvalue weighted by molar-refractivity contribution is 0.0350. The van der Waals surface area contributed by atoms with Gasteiger partial charge < -0.3 is 15.4 Å². The highest BCUT2D eigenvalue weighted by atomic mass is 35.5. The number of ether oxygens (including phenoxy) is 1. The number of carbonyl (C=O) groups is 1. The van der Waals surface area contributed by atoms with Gasteiger partial charge in [-0.05, 0) is 37.5 Å². The molecule has 4 nitrogen and oxygen atoms in total. The van der Waals surface area contributed by atoms with Crippen LogP contribution in [0, 0.1) is 6.92 Å². The molecule has 1 amide bonds. The van der Waals surface area contributed by atoms with Gasteiger partial charge in [0.25, 0.3) is 5.91 Å². The van der Waals surface area contributed by atoms with E-state index >= 15 is 0 Å². The normalized spacial score (nSPS) is 16.0. The number of benzene rings is 1. The van der Waals surface area contributed by atoms with Crippen molar-refractivity contribution in [1.82, 2.24) is 4.90 Å². The van der Waals surface area contributed by atoms with E-state index < -0.39 is 0 Å². The Morgan fingerprint density at radius 2 is 2.00 bits per heavy atom. The number of rotatable bonds is 2. The SMILES string of the molecule is COC1CCN(C(=O)c2cc(N)ccc2C)CC1.Cl. The highest BCUT2D eigenvalue weighted by Crippen LogP contribution is 2.19. The van der Waals surface area contributed by atoms with Crippen molar-refractivity contribution < 1.29 is 9.53 Å². The third kappa shape index (κ3) is 3.61. The first kappa shape index (κ1) is 15.8. The van der Waals surface area contributed by atoms with Crippen LogP contribution in [0.1, 0.15) is 28.8 Å². The van der Waals surface area contributed by atoms with Crippen LogP contribution in [0.5, 0.6) is 0 Å². The van der Waals surface area contributed by atoms with Crippen LogP contribution in [-0.4, -0.2) is 37.1 Å². The van der Waals surface area contributed by atoms with E-state index in [9.17, 15) is 4.79 Å². The fourth-order valence-electron chi connectivity index (χ4n) is 2.33. The molecular weight excluding hydrogens is 264 g/mol.